The van der Waals surface area contributed by atoms with Crippen LogP contribution in [0.1, 0.15) is 41.6 Å². The zero-order valence-electron chi connectivity index (χ0n) is 22.8. The van der Waals surface area contributed by atoms with Crippen molar-refractivity contribution in [1.82, 2.24) is 9.88 Å². The first-order chi connectivity index (χ1) is 20.0. The normalized spacial score (nSPS) is 16.5. The van der Waals surface area contributed by atoms with Gasteiger partial charge in [-0.1, -0.05) is 6.07 Å². The molecule has 0 atom stereocenters. The highest BCUT2D eigenvalue weighted by Crippen LogP contribution is 2.38. The second-order valence-corrected chi connectivity index (χ2v) is 10.4. The molecule has 1 amide bonds. The van der Waals surface area contributed by atoms with Crippen LogP contribution in [0.5, 0.6) is 11.5 Å². The van der Waals surface area contributed by atoms with E-state index < -0.39 is 0 Å². The van der Waals surface area contributed by atoms with E-state index in [1.54, 1.807) is 30.3 Å². The Balaban J connectivity index is 1.30. The minimum Gasteiger partial charge on any atom is -0.496 e. The van der Waals surface area contributed by atoms with Crippen LogP contribution in [0.25, 0.3) is 33.6 Å². The monoisotopic (exact) mass is 553 g/mol. The fraction of sp³-hybridized carbons (Fsp3) is 0.344. The summed E-state index contributed by atoms with van der Waals surface area (Å²) in [6.07, 6.45) is 4.16. The van der Waals surface area contributed by atoms with E-state index >= 15 is 0 Å². The Bertz CT molecular complexity index is 1610. The van der Waals surface area contributed by atoms with Crippen molar-refractivity contribution in [3.63, 3.8) is 0 Å². The van der Waals surface area contributed by atoms with Gasteiger partial charge in [0.25, 0.3) is 5.91 Å². The summed E-state index contributed by atoms with van der Waals surface area (Å²) in [4.78, 5) is 19.3. The maximum atomic E-state index is 13.1. The molecule has 2 aromatic heterocycles. The van der Waals surface area contributed by atoms with E-state index in [1.807, 2.05) is 36.4 Å². The Morgan fingerprint density at radius 3 is 2.59 bits per heavy atom. The predicted molar refractivity (Wildman–Crippen MR) is 152 cm³/mol. The molecule has 0 unspecified atom stereocenters. The minimum atomic E-state index is -0.350. The van der Waals surface area contributed by atoms with Gasteiger partial charge in [0.2, 0.25) is 0 Å². The SMILES string of the molecule is COc1cc(C(=O)N2CCC(O)CC2)ccc1-c1cc2nccc(-c3ccc(OC4CCOCC4)c(C#N)c3)c2o1. The molecule has 9 heteroatoms. The van der Waals surface area contributed by atoms with Crippen molar-refractivity contribution < 1.29 is 28.5 Å². The Kier molecular flexibility index (Phi) is 7.59. The van der Waals surface area contributed by atoms with Crippen LogP contribution in [0, 0.1) is 11.3 Å². The number of fused-ring (bicyclic) bond motifs is 1. The van der Waals surface area contributed by atoms with Crippen molar-refractivity contribution in [1.29, 1.82) is 5.26 Å². The number of methoxy groups -OCH3 is 1. The largest absolute Gasteiger partial charge is 0.496 e. The number of rotatable bonds is 6. The number of nitrogens with zero attached hydrogens (tertiary/aromatic N) is 3. The van der Waals surface area contributed by atoms with Gasteiger partial charge in [-0.05, 0) is 54.8 Å². The summed E-state index contributed by atoms with van der Waals surface area (Å²) in [6, 6.07) is 16.9. The second kappa shape index (κ2) is 11.6. The molecule has 2 aliphatic rings. The van der Waals surface area contributed by atoms with Crippen molar-refractivity contribution in [3.8, 4) is 40.0 Å². The fourth-order valence-electron chi connectivity index (χ4n) is 5.44. The number of aromatic nitrogens is 1. The van der Waals surface area contributed by atoms with Crippen molar-refractivity contribution in [2.45, 2.75) is 37.9 Å². The molecular weight excluding hydrogens is 522 g/mol. The van der Waals surface area contributed by atoms with Gasteiger partial charge in [-0.15, -0.1) is 0 Å². The van der Waals surface area contributed by atoms with Crippen LogP contribution in [0.4, 0.5) is 0 Å². The highest BCUT2D eigenvalue weighted by Gasteiger charge is 2.24. The summed E-state index contributed by atoms with van der Waals surface area (Å²) in [5.74, 6) is 1.54. The molecule has 210 valence electrons. The van der Waals surface area contributed by atoms with E-state index in [9.17, 15) is 15.2 Å². The second-order valence-electron chi connectivity index (χ2n) is 10.4. The Labute approximate surface area is 237 Å². The van der Waals surface area contributed by atoms with E-state index in [2.05, 4.69) is 11.1 Å². The van der Waals surface area contributed by atoms with Gasteiger partial charge >= 0.3 is 0 Å². The lowest BCUT2D eigenvalue weighted by molar-refractivity contribution is 0.0254. The van der Waals surface area contributed by atoms with Crippen LogP contribution in [0.15, 0.2) is 59.1 Å². The summed E-state index contributed by atoms with van der Waals surface area (Å²) < 4.78 is 23.5. The van der Waals surface area contributed by atoms with Crippen LogP contribution >= 0.6 is 0 Å². The first-order valence-corrected chi connectivity index (χ1v) is 13.9. The molecule has 41 heavy (non-hydrogen) atoms. The summed E-state index contributed by atoms with van der Waals surface area (Å²) >= 11 is 0. The van der Waals surface area contributed by atoms with E-state index in [4.69, 9.17) is 18.6 Å². The highest BCUT2D eigenvalue weighted by molar-refractivity contribution is 5.96. The molecule has 2 aromatic carbocycles. The summed E-state index contributed by atoms with van der Waals surface area (Å²) in [5.41, 5.74) is 4.52. The number of pyridine rings is 1. The highest BCUT2D eigenvalue weighted by atomic mass is 16.5. The summed E-state index contributed by atoms with van der Waals surface area (Å²) in [5, 5.41) is 19.6. The molecule has 2 saturated heterocycles. The average Bonchev–Trinajstić information content (AvgIpc) is 3.46. The van der Waals surface area contributed by atoms with Gasteiger partial charge in [0.05, 0.1) is 37.6 Å². The molecule has 4 aromatic rings. The number of aliphatic hydroxyl groups excluding tert-OH is 1. The van der Waals surface area contributed by atoms with E-state index in [0.29, 0.717) is 84.2 Å². The van der Waals surface area contributed by atoms with E-state index in [-0.39, 0.29) is 18.1 Å². The molecule has 1 N–H and O–H groups in total. The lowest BCUT2D eigenvalue weighted by atomic mass is 10.0. The van der Waals surface area contributed by atoms with Crippen molar-refractivity contribution in [3.05, 3.63) is 65.9 Å². The van der Waals surface area contributed by atoms with Crippen LogP contribution < -0.4 is 9.47 Å². The van der Waals surface area contributed by atoms with Gasteiger partial charge < -0.3 is 28.6 Å². The lowest BCUT2D eigenvalue weighted by Crippen LogP contribution is -2.40. The Morgan fingerprint density at radius 1 is 1.02 bits per heavy atom. The van der Waals surface area contributed by atoms with Crippen molar-refractivity contribution >= 4 is 17.0 Å². The van der Waals surface area contributed by atoms with Gasteiger partial charge in [-0.3, -0.25) is 9.78 Å². The number of carbonyl (C=O) groups excluding carboxylic acids is 1. The molecule has 9 nitrogen and oxygen atoms in total. The van der Waals surface area contributed by atoms with Crippen molar-refractivity contribution in [2.24, 2.45) is 0 Å². The summed E-state index contributed by atoms with van der Waals surface area (Å²) in [7, 11) is 1.56. The zero-order valence-corrected chi connectivity index (χ0v) is 22.8. The number of hydrogen-bond acceptors (Lipinski definition) is 8. The maximum Gasteiger partial charge on any atom is 0.253 e. The van der Waals surface area contributed by atoms with Crippen molar-refractivity contribution in [2.75, 3.05) is 33.4 Å². The van der Waals surface area contributed by atoms with E-state index in [1.165, 1.54) is 0 Å². The first kappa shape index (κ1) is 26.8. The maximum absolute atomic E-state index is 13.1. The molecule has 2 fully saturated rings. The summed E-state index contributed by atoms with van der Waals surface area (Å²) in [6.45, 7) is 2.37. The first-order valence-electron chi connectivity index (χ1n) is 13.9. The quantitative estimate of drug-likeness (QED) is 0.346. The fourth-order valence-corrected chi connectivity index (χ4v) is 5.44. The standard InChI is InChI=1S/C32H31N3O6/c1-38-29-17-21(32(37)35-12-7-23(36)8-13-35)2-4-26(29)30-18-27-31(41-30)25(6-11-34-27)20-3-5-28(22(16-20)19-33)40-24-9-14-39-15-10-24/h2-6,11,16-18,23-24,36H,7-10,12-15H2,1H3. The van der Waals surface area contributed by atoms with E-state index in [0.717, 1.165) is 24.0 Å². The number of likely N-dealkylation sites (tertiary alicyclic amines) is 1. The number of piperidine rings is 1. The number of nitriles is 1. The molecule has 2 aliphatic heterocycles. The number of amides is 1. The lowest BCUT2D eigenvalue weighted by Gasteiger charge is -2.29. The van der Waals surface area contributed by atoms with Gasteiger partial charge in [0.1, 0.15) is 34.9 Å². The molecule has 0 saturated carbocycles. The number of hydrogen-bond donors (Lipinski definition) is 1. The van der Waals surface area contributed by atoms with Crippen LogP contribution in [0.3, 0.4) is 0 Å². The molecular formula is C32H31N3O6. The number of carbonyl (C=O) groups is 1. The van der Waals surface area contributed by atoms with Gasteiger partial charge in [0.15, 0.2) is 5.58 Å². The van der Waals surface area contributed by atoms with Gasteiger partial charge in [0, 0.05) is 49.3 Å². The van der Waals surface area contributed by atoms with Crippen LogP contribution in [-0.2, 0) is 4.74 Å². The molecule has 0 aliphatic carbocycles. The number of ether oxygens (including phenoxy) is 3. The predicted octanol–water partition coefficient (Wildman–Crippen LogP) is 5.20. The van der Waals surface area contributed by atoms with Crippen LogP contribution in [-0.4, -0.2) is 66.5 Å². The molecule has 6 rings (SSSR count). The van der Waals surface area contributed by atoms with Gasteiger partial charge in [-0.25, -0.2) is 0 Å². The Morgan fingerprint density at radius 2 is 1.83 bits per heavy atom. The third-order valence-corrected chi connectivity index (χ3v) is 7.75. The number of furan rings is 1. The number of benzene rings is 2. The number of aliphatic hydroxyl groups is 1. The minimum absolute atomic E-state index is 0.0337. The average molecular weight is 554 g/mol. The molecule has 0 radical (unpaired) electrons. The zero-order chi connectivity index (χ0) is 28.3. The molecule has 0 bridgehead atoms. The molecule has 0 spiro atoms. The third kappa shape index (κ3) is 5.49. The smallest absolute Gasteiger partial charge is 0.253 e. The Hall–Kier alpha value is -4.39. The van der Waals surface area contributed by atoms with Gasteiger partial charge in [-0.2, -0.15) is 5.26 Å². The molecule has 4 heterocycles. The van der Waals surface area contributed by atoms with Crippen LogP contribution in [0.2, 0.25) is 0 Å². The topological polar surface area (TPSA) is 118 Å². The third-order valence-electron chi connectivity index (χ3n) is 7.75.